The summed E-state index contributed by atoms with van der Waals surface area (Å²) in [7, 11) is 1.52. The number of amides is 1. The van der Waals surface area contributed by atoms with Gasteiger partial charge < -0.3 is 19.6 Å². The molecule has 0 saturated carbocycles. The Kier molecular flexibility index (Phi) is 7.48. The second kappa shape index (κ2) is 11.0. The summed E-state index contributed by atoms with van der Waals surface area (Å²) in [6.07, 6.45) is 2.98. The zero-order valence-electron chi connectivity index (χ0n) is 21.8. The van der Waals surface area contributed by atoms with Gasteiger partial charge in [-0.3, -0.25) is 19.0 Å². The second-order valence-electron chi connectivity index (χ2n) is 9.53. The Labute approximate surface area is 226 Å². The van der Waals surface area contributed by atoms with Gasteiger partial charge in [-0.05, 0) is 25.1 Å². The number of hydrogen-bond donors (Lipinski definition) is 1. The highest BCUT2D eigenvalue weighted by molar-refractivity contribution is 5.85. The van der Waals surface area contributed by atoms with Gasteiger partial charge in [-0.25, -0.2) is 14.4 Å². The van der Waals surface area contributed by atoms with Crippen LogP contribution < -0.4 is 15.2 Å². The van der Waals surface area contributed by atoms with Gasteiger partial charge in [-0.1, -0.05) is 18.2 Å². The van der Waals surface area contributed by atoms with Crippen LogP contribution >= 0.6 is 0 Å². The fraction of sp³-hybridized carbons (Fsp3) is 0.333. The van der Waals surface area contributed by atoms with E-state index in [-0.39, 0.29) is 35.2 Å². The fourth-order valence-corrected chi connectivity index (χ4v) is 5.00. The Hall–Kier alpha value is -4.39. The van der Waals surface area contributed by atoms with Gasteiger partial charge >= 0.3 is 6.61 Å². The summed E-state index contributed by atoms with van der Waals surface area (Å²) >= 11 is 0. The minimum absolute atomic E-state index is 0.0195. The Morgan fingerprint density at radius 3 is 2.58 bits per heavy atom. The van der Waals surface area contributed by atoms with Crippen LogP contribution in [0.2, 0.25) is 0 Å². The second-order valence-corrected chi connectivity index (χ2v) is 9.53. The summed E-state index contributed by atoms with van der Waals surface area (Å²) < 4.78 is 48.6. The number of alkyl halides is 2. The van der Waals surface area contributed by atoms with E-state index in [0.29, 0.717) is 42.2 Å². The molecule has 5 rings (SSSR count). The number of aliphatic hydroxyl groups excluding tert-OH is 1. The molecule has 1 unspecified atom stereocenters. The van der Waals surface area contributed by atoms with Gasteiger partial charge in [0.1, 0.15) is 18.2 Å². The van der Waals surface area contributed by atoms with E-state index >= 15 is 4.39 Å². The molecule has 10 nitrogen and oxygen atoms in total. The minimum atomic E-state index is -3.01. The number of aromatic nitrogens is 4. The van der Waals surface area contributed by atoms with E-state index in [9.17, 15) is 18.4 Å². The average molecular weight is 557 g/mol. The minimum Gasteiger partial charge on any atom is -0.434 e. The van der Waals surface area contributed by atoms with E-state index in [1.807, 2.05) is 11.8 Å². The molecule has 40 heavy (non-hydrogen) atoms. The largest absolute Gasteiger partial charge is 0.434 e. The molecule has 1 amide bonds. The lowest BCUT2D eigenvalue weighted by Gasteiger charge is -2.39. The van der Waals surface area contributed by atoms with Crippen molar-refractivity contribution in [2.75, 3.05) is 31.1 Å². The van der Waals surface area contributed by atoms with Crippen molar-refractivity contribution in [1.82, 2.24) is 24.2 Å². The molecule has 2 aromatic heterocycles. The summed E-state index contributed by atoms with van der Waals surface area (Å²) in [6, 6.07) is 8.85. The molecule has 2 aromatic carbocycles. The normalized spacial score (nSPS) is 15.7. The molecule has 3 heterocycles. The molecule has 0 spiro atoms. The quantitative estimate of drug-likeness (QED) is 0.373. The molecule has 1 atom stereocenters. The highest BCUT2D eigenvalue weighted by Crippen LogP contribution is 2.29. The molecule has 1 aliphatic rings. The van der Waals surface area contributed by atoms with E-state index in [4.69, 9.17) is 5.11 Å². The first kappa shape index (κ1) is 27.2. The number of carbonyl (C=O) groups is 1. The zero-order chi connectivity index (χ0) is 28.6. The summed E-state index contributed by atoms with van der Waals surface area (Å²) in [6.45, 7) is -0.310. The van der Waals surface area contributed by atoms with Crippen molar-refractivity contribution >= 4 is 22.8 Å². The molecule has 1 aliphatic heterocycles. The van der Waals surface area contributed by atoms with E-state index in [2.05, 4.69) is 14.7 Å². The van der Waals surface area contributed by atoms with Crippen molar-refractivity contribution in [1.29, 1.82) is 0 Å². The van der Waals surface area contributed by atoms with Crippen LogP contribution in [0, 0.1) is 5.82 Å². The van der Waals surface area contributed by atoms with Crippen LogP contribution in [-0.2, 0) is 18.4 Å². The topological polar surface area (TPSA) is 106 Å². The van der Waals surface area contributed by atoms with Crippen LogP contribution in [-0.4, -0.2) is 74.1 Å². The van der Waals surface area contributed by atoms with Crippen molar-refractivity contribution in [2.24, 2.45) is 7.05 Å². The lowest BCUT2D eigenvalue weighted by molar-refractivity contribution is -0.134. The number of rotatable bonds is 7. The number of piperazine rings is 1. The van der Waals surface area contributed by atoms with E-state index in [1.165, 1.54) is 36.3 Å². The van der Waals surface area contributed by atoms with E-state index < -0.39 is 24.6 Å². The van der Waals surface area contributed by atoms with Gasteiger partial charge in [0.25, 0.3) is 5.56 Å². The average Bonchev–Trinajstić information content (AvgIpc) is 3.17. The van der Waals surface area contributed by atoms with Crippen molar-refractivity contribution in [2.45, 2.75) is 26.1 Å². The lowest BCUT2D eigenvalue weighted by Crippen LogP contribution is -2.54. The van der Waals surface area contributed by atoms with Crippen molar-refractivity contribution < 1.29 is 27.8 Å². The summed E-state index contributed by atoms with van der Waals surface area (Å²) in [5.74, 6) is -0.572. The van der Waals surface area contributed by atoms with Crippen molar-refractivity contribution in [3.63, 3.8) is 0 Å². The first-order valence-electron chi connectivity index (χ1n) is 12.6. The molecule has 1 fully saturated rings. The zero-order valence-corrected chi connectivity index (χ0v) is 21.8. The van der Waals surface area contributed by atoms with Crippen LogP contribution in [0.3, 0.4) is 0 Å². The molecule has 1 saturated heterocycles. The Balaban J connectivity index is 1.46. The Bertz CT molecular complexity index is 1600. The standard InChI is InChI=1S/C27H27F3N6O4/c1-16-13-34(24(38)15-37)7-8-35(16)27-31-11-18(12-32-27)19-10-22-20(9-21(19)28)25(39)33(2)36(22)14-17-5-3-4-6-23(17)40-26(29)30/h3-6,9-12,16,26,37H,7-8,13-15H2,1-2H3. The molecule has 13 heteroatoms. The van der Waals surface area contributed by atoms with Crippen LogP contribution in [0.15, 0.2) is 53.6 Å². The van der Waals surface area contributed by atoms with Crippen molar-refractivity contribution in [3.8, 4) is 16.9 Å². The number of halogens is 3. The van der Waals surface area contributed by atoms with Gasteiger partial charge in [0.05, 0.1) is 17.4 Å². The van der Waals surface area contributed by atoms with Gasteiger partial charge in [0, 0.05) is 61.8 Å². The smallest absolute Gasteiger partial charge is 0.387 e. The van der Waals surface area contributed by atoms with E-state index in [0.717, 1.165) is 6.07 Å². The molecule has 1 N–H and O–H groups in total. The van der Waals surface area contributed by atoms with Crippen LogP contribution in [0.5, 0.6) is 5.75 Å². The maximum atomic E-state index is 15.2. The summed E-state index contributed by atoms with van der Waals surface area (Å²) in [5, 5.41) is 9.26. The van der Waals surface area contributed by atoms with Gasteiger partial charge in [-0.15, -0.1) is 0 Å². The van der Waals surface area contributed by atoms with Gasteiger partial charge in [0.15, 0.2) is 0 Å². The van der Waals surface area contributed by atoms with Gasteiger partial charge in [0.2, 0.25) is 11.9 Å². The monoisotopic (exact) mass is 556 g/mol. The molecule has 0 aliphatic carbocycles. The predicted molar refractivity (Wildman–Crippen MR) is 141 cm³/mol. The number of para-hydroxylation sites is 1. The highest BCUT2D eigenvalue weighted by atomic mass is 19.3. The first-order valence-corrected chi connectivity index (χ1v) is 12.6. The third kappa shape index (κ3) is 5.11. The van der Waals surface area contributed by atoms with Crippen LogP contribution in [0.1, 0.15) is 12.5 Å². The molecule has 0 radical (unpaired) electrons. The Morgan fingerprint density at radius 2 is 1.90 bits per heavy atom. The first-order chi connectivity index (χ1) is 19.2. The molecular weight excluding hydrogens is 529 g/mol. The van der Waals surface area contributed by atoms with Crippen LogP contribution in [0.4, 0.5) is 19.1 Å². The highest BCUT2D eigenvalue weighted by Gasteiger charge is 2.28. The number of nitrogens with zero attached hydrogens (tertiary/aromatic N) is 6. The fourth-order valence-electron chi connectivity index (χ4n) is 5.00. The molecule has 4 aromatic rings. The van der Waals surface area contributed by atoms with Crippen molar-refractivity contribution in [3.05, 3.63) is 70.5 Å². The van der Waals surface area contributed by atoms with E-state index in [1.54, 1.807) is 27.8 Å². The number of fused-ring (bicyclic) bond motifs is 1. The summed E-state index contributed by atoms with van der Waals surface area (Å²) in [5.41, 5.74) is 0.935. The lowest BCUT2D eigenvalue weighted by atomic mass is 10.1. The number of carbonyl (C=O) groups excluding carboxylic acids is 1. The third-order valence-corrected chi connectivity index (χ3v) is 7.08. The molecule has 0 bridgehead atoms. The SMILES string of the molecule is CC1CN(C(=O)CO)CCN1c1ncc(-c2cc3c(cc2F)c(=O)n(C)n3Cc2ccccc2OC(F)F)cn1. The third-order valence-electron chi connectivity index (χ3n) is 7.08. The predicted octanol–water partition coefficient (Wildman–Crippen LogP) is 2.62. The molecular formula is C27H27F3N6O4. The number of aliphatic hydroxyl groups is 1. The number of benzene rings is 2. The van der Waals surface area contributed by atoms with Crippen LogP contribution in [0.25, 0.3) is 22.0 Å². The number of hydrogen-bond acceptors (Lipinski definition) is 7. The maximum Gasteiger partial charge on any atom is 0.387 e. The van der Waals surface area contributed by atoms with Gasteiger partial charge in [-0.2, -0.15) is 8.78 Å². The molecule has 210 valence electrons. The number of ether oxygens (including phenoxy) is 1. The maximum absolute atomic E-state index is 15.2. The Morgan fingerprint density at radius 1 is 1.18 bits per heavy atom. The summed E-state index contributed by atoms with van der Waals surface area (Å²) in [4.78, 5) is 37.1. The number of anilines is 1.